The van der Waals surface area contributed by atoms with E-state index in [1.807, 2.05) is 6.92 Å². The summed E-state index contributed by atoms with van der Waals surface area (Å²) in [4.78, 5) is 26.7. The third-order valence-corrected chi connectivity index (χ3v) is 5.23. The van der Waals surface area contributed by atoms with E-state index in [1.165, 1.54) is 11.9 Å². The molecule has 0 saturated carbocycles. The lowest BCUT2D eigenvalue weighted by molar-refractivity contribution is -0.142. The van der Waals surface area contributed by atoms with Gasteiger partial charge in [-0.2, -0.15) is 0 Å². The Kier molecular flexibility index (Phi) is 8.42. The number of hydrogen-bond donors (Lipinski definition) is 1. The number of nitrogens with zero attached hydrogens (tertiary/aromatic N) is 1. The fraction of sp³-hybridized carbons (Fsp3) is 0.300. The smallest absolute Gasteiger partial charge is 0.261 e. The topological polar surface area (TPSA) is 58.6 Å². The Morgan fingerprint density at radius 2 is 1.64 bits per heavy atom. The van der Waals surface area contributed by atoms with Crippen molar-refractivity contribution >= 4 is 46.6 Å². The molecule has 0 fully saturated rings. The maximum absolute atomic E-state index is 13.0. The first-order chi connectivity index (χ1) is 13.4. The second-order valence-electron chi connectivity index (χ2n) is 5.98. The van der Waals surface area contributed by atoms with Crippen molar-refractivity contribution in [2.45, 2.75) is 25.9 Å². The van der Waals surface area contributed by atoms with E-state index in [9.17, 15) is 9.59 Å². The zero-order chi connectivity index (χ0) is 20.7. The molecule has 0 heterocycles. The molecule has 1 atom stereocenters. The highest BCUT2D eigenvalue weighted by Crippen LogP contribution is 2.27. The molecule has 2 aromatic rings. The van der Waals surface area contributed by atoms with Crippen molar-refractivity contribution < 1.29 is 14.3 Å². The van der Waals surface area contributed by atoms with Crippen molar-refractivity contribution in [1.29, 1.82) is 0 Å². The highest BCUT2D eigenvalue weighted by Gasteiger charge is 2.29. The van der Waals surface area contributed by atoms with Crippen LogP contribution in [-0.4, -0.2) is 36.4 Å². The second-order valence-corrected chi connectivity index (χ2v) is 7.20. The van der Waals surface area contributed by atoms with Gasteiger partial charge in [-0.05, 0) is 30.7 Å². The number of hydrogen-bond acceptors (Lipinski definition) is 3. The molecule has 2 amide bonds. The number of amides is 2. The predicted octanol–water partition coefficient (Wildman–Crippen LogP) is 4.58. The number of rotatable bonds is 8. The molecule has 0 aliphatic rings. The number of halogens is 3. The Balaban J connectivity index is 2.27. The first-order valence-electron chi connectivity index (χ1n) is 8.70. The zero-order valence-electron chi connectivity index (χ0n) is 15.5. The Morgan fingerprint density at radius 1 is 1.04 bits per heavy atom. The van der Waals surface area contributed by atoms with Gasteiger partial charge in [-0.15, -0.1) is 0 Å². The first kappa shape index (κ1) is 22.3. The summed E-state index contributed by atoms with van der Waals surface area (Å²) in [5, 5.41) is 3.83. The summed E-state index contributed by atoms with van der Waals surface area (Å²) >= 11 is 18.6. The second kappa shape index (κ2) is 10.6. The third kappa shape index (κ3) is 5.53. The molecule has 150 valence electrons. The number of benzene rings is 2. The zero-order valence-corrected chi connectivity index (χ0v) is 17.8. The van der Waals surface area contributed by atoms with Crippen LogP contribution in [0.1, 0.15) is 18.9 Å². The molecule has 0 aromatic heterocycles. The van der Waals surface area contributed by atoms with Crippen molar-refractivity contribution in [3.8, 4) is 5.75 Å². The number of para-hydroxylation sites is 1. The Bertz CT molecular complexity index is 825. The van der Waals surface area contributed by atoms with E-state index in [0.717, 1.165) is 0 Å². The maximum Gasteiger partial charge on any atom is 0.261 e. The molecule has 0 saturated heterocycles. The van der Waals surface area contributed by atoms with E-state index in [1.54, 1.807) is 42.5 Å². The van der Waals surface area contributed by atoms with Gasteiger partial charge < -0.3 is 15.0 Å². The Hall–Kier alpha value is -1.95. The fourth-order valence-electron chi connectivity index (χ4n) is 2.72. The van der Waals surface area contributed by atoms with Gasteiger partial charge in [0.25, 0.3) is 5.91 Å². The number of carbonyl (C=O) groups is 2. The SMILES string of the molecule is CC[C@H](C(=O)NC)N(Cc1c(Cl)cccc1Cl)C(=O)COc1ccccc1Cl. The van der Waals surface area contributed by atoms with Crippen LogP contribution < -0.4 is 10.1 Å². The van der Waals surface area contributed by atoms with Crippen molar-refractivity contribution in [3.63, 3.8) is 0 Å². The minimum Gasteiger partial charge on any atom is -0.482 e. The van der Waals surface area contributed by atoms with Crippen LogP contribution in [0, 0.1) is 0 Å². The highest BCUT2D eigenvalue weighted by molar-refractivity contribution is 6.36. The van der Waals surface area contributed by atoms with E-state index in [-0.39, 0.29) is 25.0 Å². The molecule has 5 nitrogen and oxygen atoms in total. The van der Waals surface area contributed by atoms with Gasteiger partial charge in [0.15, 0.2) is 6.61 Å². The van der Waals surface area contributed by atoms with Gasteiger partial charge in [0.2, 0.25) is 5.91 Å². The highest BCUT2D eigenvalue weighted by atomic mass is 35.5. The monoisotopic (exact) mass is 442 g/mol. The molecule has 0 bridgehead atoms. The normalized spacial score (nSPS) is 11.6. The molecule has 0 spiro atoms. The summed E-state index contributed by atoms with van der Waals surface area (Å²) in [7, 11) is 1.52. The summed E-state index contributed by atoms with van der Waals surface area (Å²) in [5.41, 5.74) is 0.569. The van der Waals surface area contributed by atoms with Crippen molar-refractivity contribution in [3.05, 3.63) is 63.1 Å². The van der Waals surface area contributed by atoms with E-state index in [0.29, 0.717) is 32.8 Å². The molecular weight excluding hydrogens is 423 g/mol. The molecule has 0 unspecified atom stereocenters. The third-order valence-electron chi connectivity index (χ3n) is 4.21. The lowest BCUT2D eigenvalue weighted by Gasteiger charge is -2.30. The van der Waals surface area contributed by atoms with Gasteiger partial charge in [0, 0.05) is 29.2 Å². The number of ether oxygens (including phenoxy) is 1. The lowest BCUT2D eigenvalue weighted by Crippen LogP contribution is -2.49. The summed E-state index contributed by atoms with van der Waals surface area (Å²) < 4.78 is 5.56. The van der Waals surface area contributed by atoms with Gasteiger partial charge in [0.1, 0.15) is 11.8 Å². The van der Waals surface area contributed by atoms with Gasteiger partial charge >= 0.3 is 0 Å². The standard InChI is InChI=1S/C20H21Cl3N2O3/c1-3-17(20(27)24-2)25(11-13-14(21)8-6-9-15(13)22)19(26)12-28-18-10-5-4-7-16(18)23/h4-10,17H,3,11-12H2,1-2H3,(H,24,27)/t17-/m1/s1. The molecule has 0 aliphatic carbocycles. The van der Waals surface area contributed by atoms with Gasteiger partial charge in [-0.3, -0.25) is 9.59 Å². The van der Waals surface area contributed by atoms with Crippen LogP contribution in [0.4, 0.5) is 0 Å². The largest absolute Gasteiger partial charge is 0.482 e. The van der Waals surface area contributed by atoms with Crippen LogP contribution >= 0.6 is 34.8 Å². The summed E-state index contributed by atoms with van der Waals surface area (Å²) in [6.45, 7) is 1.62. The van der Waals surface area contributed by atoms with Crippen LogP contribution in [0.2, 0.25) is 15.1 Å². The molecule has 8 heteroatoms. The minimum absolute atomic E-state index is 0.0785. The Labute approximate surface area is 179 Å². The average Bonchev–Trinajstić information content (AvgIpc) is 2.68. The quantitative estimate of drug-likeness (QED) is 0.650. The molecular formula is C20H21Cl3N2O3. The van der Waals surface area contributed by atoms with Crippen LogP contribution in [0.25, 0.3) is 0 Å². The molecule has 2 rings (SSSR count). The molecule has 0 radical (unpaired) electrons. The number of carbonyl (C=O) groups excluding carboxylic acids is 2. The number of likely N-dealkylation sites (N-methyl/N-ethyl adjacent to an activating group) is 1. The predicted molar refractivity (Wildman–Crippen MR) is 112 cm³/mol. The summed E-state index contributed by atoms with van der Waals surface area (Å²) in [6, 6.07) is 11.3. The molecule has 1 N–H and O–H groups in total. The maximum atomic E-state index is 13.0. The van der Waals surface area contributed by atoms with Gasteiger partial charge in [0.05, 0.1) is 5.02 Å². The van der Waals surface area contributed by atoms with Crippen LogP contribution in [0.3, 0.4) is 0 Å². The van der Waals surface area contributed by atoms with Gasteiger partial charge in [-0.1, -0.05) is 59.9 Å². The number of nitrogens with one attached hydrogen (secondary N) is 1. The first-order valence-corrected chi connectivity index (χ1v) is 9.83. The summed E-state index contributed by atoms with van der Waals surface area (Å²) in [6.07, 6.45) is 0.416. The lowest BCUT2D eigenvalue weighted by atomic mass is 10.1. The Morgan fingerprint density at radius 3 is 2.21 bits per heavy atom. The molecule has 0 aliphatic heterocycles. The van der Waals surface area contributed by atoms with E-state index in [2.05, 4.69) is 5.32 Å². The van der Waals surface area contributed by atoms with Crippen LogP contribution in [0.5, 0.6) is 5.75 Å². The summed E-state index contributed by atoms with van der Waals surface area (Å²) in [5.74, 6) is -0.274. The minimum atomic E-state index is -0.695. The van der Waals surface area contributed by atoms with Gasteiger partial charge in [-0.25, -0.2) is 0 Å². The van der Waals surface area contributed by atoms with Crippen molar-refractivity contribution in [2.75, 3.05) is 13.7 Å². The van der Waals surface area contributed by atoms with E-state index in [4.69, 9.17) is 39.5 Å². The average molecular weight is 444 g/mol. The van der Waals surface area contributed by atoms with Crippen molar-refractivity contribution in [2.24, 2.45) is 0 Å². The molecule has 2 aromatic carbocycles. The van der Waals surface area contributed by atoms with Crippen molar-refractivity contribution in [1.82, 2.24) is 10.2 Å². The van der Waals surface area contributed by atoms with E-state index >= 15 is 0 Å². The molecule has 28 heavy (non-hydrogen) atoms. The van der Waals surface area contributed by atoms with Crippen LogP contribution in [-0.2, 0) is 16.1 Å². The van der Waals surface area contributed by atoms with Crippen LogP contribution in [0.15, 0.2) is 42.5 Å². The van der Waals surface area contributed by atoms with E-state index < -0.39 is 6.04 Å². The fourth-order valence-corrected chi connectivity index (χ4v) is 3.43.